The molecule has 0 unspecified atom stereocenters. The Balaban J connectivity index is 2.21. The van der Waals surface area contributed by atoms with Crippen LogP contribution < -0.4 is 5.32 Å². The Morgan fingerprint density at radius 1 is 1.75 bits per heavy atom. The number of hydrogen-bond donors (Lipinski definition) is 1. The average molecular weight is 169 g/mol. The molecule has 3 heteroatoms. The summed E-state index contributed by atoms with van der Waals surface area (Å²) in [6.07, 6.45) is 4.60. The summed E-state index contributed by atoms with van der Waals surface area (Å²) in [5, 5.41) is 3.22. The molecule has 1 heterocycles. The lowest BCUT2D eigenvalue weighted by Gasteiger charge is -2.12. The summed E-state index contributed by atoms with van der Waals surface area (Å²) >= 11 is 0. The number of methoxy groups -OCH3 is 1. The van der Waals surface area contributed by atoms with Crippen LogP contribution in [0.3, 0.4) is 0 Å². The summed E-state index contributed by atoms with van der Waals surface area (Å²) in [6, 6.07) is 0. The van der Waals surface area contributed by atoms with Gasteiger partial charge in [-0.1, -0.05) is 11.6 Å². The van der Waals surface area contributed by atoms with Crippen molar-refractivity contribution in [2.24, 2.45) is 0 Å². The maximum absolute atomic E-state index is 10.8. The molecule has 0 spiro atoms. The molecule has 1 aliphatic heterocycles. The molecule has 68 valence electrons. The lowest BCUT2D eigenvalue weighted by atomic mass is 10.0. The molecule has 3 nitrogen and oxygen atoms in total. The normalized spacial score (nSPS) is 16.9. The van der Waals surface area contributed by atoms with E-state index < -0.39 is 0 Å². The molecule has 1 aliphatic rings. The first-order chi connectivity index (χ1) is 5.83. The molecule has 1 N–H and O–H groups in total. The van der Waals surface area contributed by atoms with Crippen molar-refractivity contribution in [1.82, 2.24) is 5.32 Å². The SMILES string of the molecule is COC(=O)CCC1=CCNCC1. The number of esters is 1. The topological polar surface area (TPSA) is 38.3 Å². The molecule has 0 aromatic carbocycles. The third-order valence-corrected chi connectivity index (χ3v) is 2.04. The smallest absolute Gasteiger partial charge is 0.305 e. The summed E-state index contributed by atoms with van der Waals surface area (Å²) in [5.41, 5.74) is 1.37. The molecular weight excluding hydrogens is 154 g/mol. The Labute approximate surface area is 72.8 Å². The third-order valence-electron chi connectivity index (χ3n) is 2.04. The van der Waals surface area contributed by atoms with Crippen LogP contribution in [0.2, 0.25) is 0 Å². The predicted octanol–water partition coefficient (Wildman–Crippen LogP) is 0.859. The highest BCUT2D eigenvalue weighted by atomic mass is 16.5. The molecule has 0 aromatic rings. The van der Waals surface area contributed by atoms with Gasteiger partial charge in [-0.2, -0.15) is 0 Å². The molecule has 1 rings (SSSR count). The fraction of sp³-hybridized carbons (Fsp3) is 0.667. The van der Waals surface area contributed by atoms with Crippen molar-refractivity contribution in [3.63, 3.8) is 0 Å². The van der Waals surface area contributed by atoms with Gasteiger partial charge in [0.05, 0.1) is 7.11 Å². The van der Waals surface area contributed by atoms with Gasteiger partial charge in [0.1, 0.15) is 0 Å². The summed E-state index contributed by atoms with van der Waals surface area (Å²) in [6.45, 7) is 1.98. The molecule has 0 radical (unpaired) electrons. The fourth-order valence-electron chi connectivity index (χ4n) is 1.26. The highest BCUT2D eigenvalue weighted by molar-refractivity contribution is 5.69. The highest BCUT2D eigenvalue weighted by Crippen LogP contribution is 2.11. The van der Waals surface area contributed by atoms with Crippen LogP contribution in [-0.2, 0) is 9.53 Å². The van der Waals surface area contributed by atoms with E-state index in [-0.39, 0.29) is 5.97 Å². The van der Waals surface area contributed by atoms with Gasteiger partial charge in [0, 0.05) is 13.0 Å². The highest BCUT2D eigenvalue weighted by Gasteiger charge is 2.05. The van der Waals surface area contributed by atoms with E-state index in [2.05, 4.69) is 16.1 Å². The molecule has 0 saturated heterocycles. The van der Waals surface area contributed by atoms with E-state index in [0.29, 0.717) is 6.42 Å². The van der Waals surface area contributed by atoms with Gasteiger partial charge in [0.25, 0.3) is 0 Å². The van der Waals surface area contributed by atoms with Gasteiger partial charge < -0.3 is 10.1 Å². The summed E-state index contributed by atoms with van der Waals surface area (Å²) in [5.74, 6) is -0.116. The monoisotopic (exact) mass is 169 g/mol. The van der Waals surface area contributed by atoms with Crippen molar-refractivity contribution in [1.29, 1.82) is 0 Å². The molecule has 0 aliphatic carbocycles. The van der Waals surface area contributed by atoms with Gasteiger partial charge in [0.15, 0.2) is 0 Å². The lowest BCUT2D eigenvalue weighted by Crippen LogP contribution is -2.20. The Kier molecular flexibility index (Phi) is 3.80. The van der Waals surface area contributed by atoms with Gasteiger partial charge >= 0.3 is 5.97 Å². The minimum Gasteiger partial charge on any atom is -0.469 e. The largest absolute Gasteiger partial charge is 0.469 e. The minimum absolute atomic E-state index is 0.116. The molecule has 0 bridgehead atoms. The van der Waals surface area contributed by atoms with Crippen molar-refractivity contribution in [3.8, 4) is 0 Å². The Morgan fingerprint density at radius 2 is 2.58 bits per heavy atom. The molecule has 0 atom stereocenters. The molecular formula is C9H15NO2. The number of carbonyl (C=O) groups is 1. The number of carbonyl (C=O) groups excluding carboxylic acids is 1. The van der Waals surface area contributed by atoms with Gasteiger partial charge in [-0.25, -0.2) is 0 Å². The van der Waals surface area contributed by atoms with Crippen molar-refractivity contribution in [2.75, 3.05) is 20.2 Å². The zero-order valence-corrected chi connectivity index (χ0v) is 7.43. The Hall–Kier alpha value is -0.830. The minimum atomic E-state index is -0.116. The van der Waals surface area contributed by atoms with E-state index in [1.165, 1.54) is 12.7 Å². The lowest BCUT2D eigenvalue weighted by molar-refractivity contribution is -0.140. The van der Waals surface area contributed by atoms with E-state index in [1.54, 1.807) is 0 Å². The van der Waals surface area contributed by atoms with Gasteiger partial charge in [-0.3, -0.25) is 4.79 Å². The van der Waals surface area contributed by atoms with E-state index >= 15 is 0 Å². The standard InChI is InChI=1S/C9H15NO2/c1-12-9(11)3-2-8-4-6-10-7-5-8/h4,10H,2-3,5-7H2,1H3. The van der Waals surface area contributed by atoms with Crippen LogP contribution >= 0.6 is 0 Å². The zero-order chi connectivity index (χ0) is 8.81. The number of rotatable bonds is 3. The second kappa shape index (κ2) is 4.93. The second-order valence-electron chi connectivity index (χ2n) is 2.89. The molecule has 12 heavy (non-hydrogen) atoms. The van der Waals surface area contributed by atoms with Crippen LogP contribution in [0.5, 0.6) is 0 Å². The fourth-order valence-corrected chi connectivity index (χ4v) is 1.26. The molecule has 0 amide bonds. The first-order valence-electron chi connectivity index (χ1n) is 4.28. The first kappa shape index (κ1) is 9.26. The van der Waals surface area contributed by atoms with E-state index in [0.717, 1.165) is 25.9 Å². The zero-order valence-electron chi connectivity index (χ0n) is 7.43. The summed E-state index contributed by atoms with van der Waals surface area (Å²) < 4.78 is 4.56. The maximum Gasteiger partial charge on any atom is 0.305 e. The predicted molar refractivity (Wildman–Crippen MR) is 46.8 cm³/mol. The third kappa shape index (κ3) is 3.05. The van der Waals surface area contributed by atoms with Crippen molar-refractivity contribution >= 4 is 5.97 Å². The van der Waals surface area contributed by atoms with Crippen molar-refractivity contribution < 1.29 is 9.53 Å². The summed E-state index contributed by atoms with van der Waals surface area (Å²) in [7, 11) is 1.43. The van der Waals surface area contributed by atoms with Crippen LogP contribution in [0.15, 0.2) is 11.6 Å². The maximum atomic E-state index is 10.8. The number of hydrogen-bond acceptors (Lipinski definition) is 3. The van der Waals surface area contributed by atoms with Gasteiger partial charge in [-0.05, 0) is 19.4 Å². The van der Waals surface area contributed by atoms with Crippen molar-refractivity contribution in [3.05, 3.63) is 11.6 Å². The van der Waals surface area contributed by atoms with Gasteiger partial charge in [-0.15, -0.1) is 0 Å². The Morgan fingerprint density at radius 3 is 3.17 bits per heavy atom. The number of ether oxygens (including phenoxy) is 1. The van der Waals surface area contributed by atoms with E-state index in [4.69, 9.17) is 0 Å². The van der Waals surface area contributed by atoms with Crippen LogP contribution in [0.1, 0.15) is 19.3 Å². The summed E-state index contributed by atoms with van der Waals surface area (Å²) in [4.78, 5) is 10.8. The molecule has 0 fully saturated rings. The molecule has 0 saturated carbocycles. The van der Waals surface area contributed by atoms with Gasteiger partial charge in [0.2, 0.25) is 0 Å². The van der Waals surface area contributed by atoms with E-state index in [1.807, 2.05) is 0 Å². The Bertz CT molecular complexity index is 187. The quantitative estimate of drug-likeness (QED) is 0.503. The van der Waals surface area contributed by atoms with Crippen LogP contribution in [-0.4, -0.2) is 26.2 Å². The van der Waals surface area contributed by atoms with E-state index in [9.17, 15) is 4.79 Å². The first-order valence-corrected chi connectivity index (χ1v) is 4.28. The van der Waals surface area contributed by atoms with Crippen molar-refractivity contribution in [2.45, 2.75) is 19.3 Å². The van der Waals surface area contributed by atoms with Crippen LogP contribution in [0.25, 0.3) is 0 Å². The number of nitrogens with one attached hydrogen (secondary N) is 1. The average Bonchev–Trinajstić information content (AvgIpc) is 2.16. The van der Waals surface area contributed by atoms with Crippen LogP contribution in [0, 0.1) is 0 Å². The molecule has 0 aromatic heterocycles. The second-order valence-corrected chi connectivity index (χ2v) is 2.89. The van der Waals surface area contributed by atoms with Crippen LogP contribution in [0.4, 0.5) is 0 Å².